The van der Waals surface area contributed by atoms with Gasteiger partial charge in [0.15, 0.2) is 0 Å². The fraction of sp³-hybridized carbons (Fsp3) is 0.938. The first-order valence-electron chi connectivity index (χ1n) is 8.29. The number of hydrogen-bond donors (Lipinski definition) is 5. The van der Waals surface area contributed by atoms with Crippen molar-refractivity contribution in [3.8, 4) is 0 Å². The molecule has 0 aliphatic heterocycles. The maximum absolute atomic E-state index is 10.2. The Bertz CT molecular complexity index is 227. The minimum absolute atomic E-state index is 0.343. The van der Waals surface area contributed by atoms with E-state index in [2.05, 4.69) is 6.92 Å². The normalized spacial score (nSPS) is 13.1. The summed E-state index contributed by atoms with van der Waals surface area (Å²) in [5, 5.41) is 41.6. The molecule has 5 N–H and O–H groups in total. The lowest BCUT2D eigenvalue weighted by Gasteiger charge is -2.10. The van der Waals surface area contributed by atoms with Crippen LogP contribution in [0, 0.1) is 0 Å². The Morgan fingerprint density at radius 2 is 1.14 bits per heavy atom. The predicted molar refractivity (Wildman–Crippen MR) is 85.7 cm³/mol. The molecule has 0 aliphatic carbocycles. The third-order valence-electron chi connectivity index (χ3n) is 3.31. The minimum atomic E-state index is -1.22. The molecule has 0 bridgehead atoms. The molecule has 0 rings (SSSR count). The first kappa shape index (κ1) is 23.6. The molecule has 0 fully saturated rings. The van der Waals surface area contributed by atoms with Crippen molar-refractivity contribution in [2.75, 3.05) is 13.2 Å². The summed E-state index contributed by atoms with van der Waals surface area (Å²) in [6.07, 6.45) is 9.03. The van der Waals surface area contributed by atoms with E-state index in [1.807, 2.05) is 0 Å². The molecule has 0 radical (unpaired) electrons. The van der Waals surface area contributed by atoms with Crippen LogP contribution in [0.25, 0.3) is 0 Å². The van der Waals surface area contributed by atoms with Crippen LogP contribution in [0.1, 0.15) is 71.1 Å². The molecule has 6 heteroatoms. The highest BCUT2D eigenvalue weighted by Crippen LogP contribution is 2.10. The van der Waals surface area contributed by atoms with Gasteiger partial charge >= 0.3 is 5.97 Å². The van der Waals surface area contributed by atoms with Crippen molar-refractivity contribution >= 4 is 5.97 Å². The standard InChI is InChI=1S/C12H24O2.C4H10O4/c1-2-3-4-5-6-7-8-9-10-11-12(13)14;5-1-3(7)4(8)2-6/h2-11H2,1H3,(H,13,14);3-8H,1-2H2. The summed E-state index contributed by atoms with van der Waals surface area (Å²) >= 11 is 0. The lowest BCUT2D eigenvalue weighted by molar-refractivity contribution is -0.137. The van der Waals surface area contributed by atoms with Gasteiger partial charge in [0, 0.05) is 6.42 Å². The third-order valence-corrected chi connectivity index (χ3v) is 3.31. The Balaban J connectivity index is 0. The van der Waals surface area contributed by atoms with Crippen molar-refractivity contribution in [2.24, 2.45) is 0 Å². The van der Waals surface area contributed by atoms with E-state index in [1.54, 1.807) is 0 Å². The van der Waals surface area contributed by atoms with Gasteiger partial charge in [0.05, 0.1) is 13.2 Å². The maximum Gasteiger partial charge on any atom is 0.303 e. The molecule has 0 aromatic rings. The maximum atomic E-state index is 10.2. The van der Waals surface area contributed by atoms with Crippen molar-refractivity contribution in [2.45, 2.75) is 83.3 Å². The molecule has 0 aliphatic rings. The van der Waals surface area contributed by atoms with Crippen LogP contribution in [0.3, 0.4) is 0 Å². The number of aliphatic hydroxyl groups excluding tert-OH is 4. The number of hydrogen-bond acceptors (Lipinski definition) is 5. The van der Waals surface area contributed by atoms with Gasteiger partial charge in [-0.1, -0.05) is 58.3 Å². The van der Waals surface area contributed by atoms with E-state index >= 15 is 0 Å². The third kappa shape index (κ3) is 19.3. The second kappa shape index (κ2) is 18.4. The van der Waals surface area contributed by atoms with E-state index in [4.69, 9.17) is 25.5 Å². The fourth-order valence-electron chi connectivity index (χ4n) is 1.83. The fourth-order valence-corrected chi connectivity index (χ4v) is 1.83. The second-order valence-electron chi connectivity index (χ2n) is 5.47. The molecule has 0 aromatic heterocycles. The lowest BCUT2D eigenvalue weighted by atomic mass is 10.1. The number of rotatable bonds is 13. The number of aliphatic carboxylic acids is 1. The van der Waals surface area contributed by atoms with Crippen LogP contribution < -0.4 is 0 Å². The van der Waals surface area contributed by atoms with Crippen molar-refractivity contribution in [3.05, 3.63) is 0 Å². The molecular formula is C16H34O6. The zero-order valence-corrected chi connectivity index (χ0v) is 13.8. The van der Waals surface area contributed by atoms with Gasteiger partial charge in [0.2, 0.25) is 0 Å². The Hall–Kier alpha value is -0.690. The summed E-state index contributed by atoms with van der Waals surface area (Å²) in [5.41, 5.74) is 0. The minimum Gasteiger partial charge on any atom is -0.481 e. The highest BCUT2D eigenvalue weighted by atomic mass is 16.4. The molecule has 2 unspecified atom stereocenters. The molecule has 0 amide bonds. The molecule has 0 saturated heterocycles. The first-order chi connectivity index (χ1) is 10.5. The van der Waals surface area contributed by atoms with Crippen LogP contribution in [0.5, 0.6) is 0 Å². The van der Waals surface area contributed by atoms with Gasteiger partial charge < -0.3 is 25.5 Å². The molecule has 134 valence electrons. The van der Waals surface area contributed by atoms with E-state index in [-0.39, 0.29) is 0 Å². The van der Waals surface area contributed by atoms with Crippen LogP contribution in [0.15, 0.2) is 0 Å². The summed E-state index contributed by atoms with van der Waals surface area (Å²) in [5.74, 6) is -0.659. The largest absolute Gasteiger partial charge is 0.481 e. The zero-order valence-electron chi connectivity index (χ0n) is 13.8. The summed E-state index contributed by atoms with van der Waals surface area (Å²) < 4.78 is 0. The van der Waals surface area contributed by atoms with Crippen LogP contribution in [-0.2, 0) is 4.79 Å². The molecule has 0 heterocycles. The van der Waals surface area contributed by atoms with Gasteiger partial charge in [-0.05, 0) is 6.42 Å². The second-order valence-corrected chi connectivity index (χ2v) is 5.47. The number of carbonyl (C=O) groups is 1. The Morgan fingerprint density at radius 1 is 0.773 bits per heavy atom. The van der Waals surface area contributed by atoms with Crippen LogP contribution in [-0.4, -0.2) is 56.9 Å². The average Bonchev–Trinajstić information content (AvgIpc) is 2.52. The van der Waals surface area contributed by atoms with Crippen molar-refractivity contribution in [1.82, 2.24) is 0 Å². The Labute approximate surface area is 133 Å². The predicted octanol–water partition coefficient (Wildman–Crippen LogP) is 1.68. The van der Waals surface area contributed by atoms with E-state index in [0.29, 0.717) is 6.42 Å². The molecule has 6 nitrogen and oxygen atoms in total. The highest BCUT2D eigenvalue weighted by molar-refractivity contribution is 5.66. The van der Waals surface area contributed by atoms with Crippen molar-refractivity contribution in [1.29, 1.82) is 0 Å². The monoisotopic (exact) mass is 322 g/mol. The van der Waals surface area contributed by atoms with Gasteiger partial charge in [0.25, 0.3) is 0 Å². The summed E-state index contributed by atoms with van der Waals surface area (Å²) in [6, 6.07) is 0. The topological polar surface area (TPSA) is 118 Å². The average molecular weight is 322 g/mol. The van der Waals surface area contributed by atoms with E-state index in [1.165, 1.54) is 44.9 Å². The summed E-state index contributed by atoms with van der Waals surface area (Å²) in [7, 11) is 0. The molecule has 0 aromatic carbocycles. The number of unbranched alkanes of at least 4 members (excludes halogenated alkanes) is 8. The van der Waals surface area contributed by atoms with Crippen molar-refractivity contribution < 1.29 is 30.3 Å². The van der Waals surface area contributed by atoms with E-state index in [9.17, 15) is 4.79 Å². The van der Waals surface area contributed by atoms with Crippen LogP contribution in [0.4, 0.5) is 0 Å². The van der Waals surface area contributed by atoms with Crippen LogP contribution in [0.2, 0.25) is 0 Å². The zero-order chi connectivity index (χ0) is 17.2. The van der Waals surface area contributed by atoms with Gasteiger partial charge in [-0.3, -0.25) is 4.79 Å². The highest BCUT2D eigenvalue weighted by Gasteiger charge is 2.12. The number of aliphatic hydroxyl groups is 4. The van der Waals surface area contributed by atoms with E-state index < -0.39 is 31.4 Å². The van der Waals surface area contributed by atoms with Crippen LogP contribution >= 0.6 is 0 Å². The van der Waals surface area contributed by atoms with Gasteiger partial charge in [-0.2, -0.15) is 0 Å². The SMILES string of the molecule is CCCCCCCCCCCC(=O)O.OCC(O)C(O)CO. The Morgan fingerprint density at radius 3 is 1.45 bits per heavy atom. The quantitative estimate of drug-likeness (QED) is 0.329. The van der Waals surface area contributed by atoms with Gasteiger partial charge in [0.1, 0.15) is 12.2 Å². The summed E-state index contributed by atoms with van der Waals surface area (Å²) in [4.78, 5) is 10.2. The Kier molecular flexibility index (Phi) is 19.7. The van der Waals surface area contributed by atoms with E-state index in [0.717, 1.165) is 12.8 Å². The van der Waals surface area contributed by atoms with Gasteiger partial charge in [-0.25, -0.2) is 0 Å². The molecule has 2 atom stereocenters. The molecular weight excluding hydrogens is 288 g/mol. The summed E-state index contributed by atoms with van der Waals surface area (Å²) in [6.45, 7) is 1.18. The molecule has 0 spiro atoms. The number of carboxylic acids is 1. The molecule has 0 saturated carbocycles. The first-order valence-corrected chi connectivity index (χ1v) is 8.29. The number of carboxylic acid groups (broad SMARTS) is 1. The smallest absolute Gasteiger partial charge is 0.303 e. The van der Waals surface area contributed by atoms with Crippen molar-refractivity contribution in [3.63, 3.8) is 0 Å². The lowest BCUT2D eigenvalue weighted by Crippen LogP contribution is -2.31. The molecule has 22 heavy (non-hydrogen) atoms. The van der Waals surface area contributed by atoms with Gasteiger partial charge in [-0.15, -0.1) is 0 Å².